The number of hydrogen-bond donors (Lipinski definition) is 1. The van der Waals surface area contributed by atoms with Crippen LogP contribution in [-0.4, -0.2) is 31.0 Å². The second-order valence-electron chi connectivity index (χ2n) is 7.34. The largest absolute Gasteiger partial charge is 0.372 e. The van der Waals surface area contributed by atoms with Crippen molar-refractivity contribution in [3.8, 4) is 0 Å². The second kappa shape index (κ2) is 8.78. The van der Waals surface area contributed by atoms with Crippen LogP contribution in [0.2, 0.25) is 0 Å². The number of nitrogens with zero attached hydrogens (tertiary/aromatic N) is 3. The van der Waals surface area contributed by atoms with Crippen molar-refractivity contribution < 1.29 is 4.79 Å². The van der Waals surface area contributed by atoms with Gasteiger partial charge in [-0.05, 0) is 67.8 Å². The molecule has 1 aliphatic rings. The highest BCUT2D eigenvalue weighted by Crippen LogP contribution is 2.24. The van der Waals surface area contributed by atoms with Gasteiger partial charge in [0.2, 0.25) is 0 Å². The van der Waals surface area contributed by atoms with E-state index >= 15 is 0 Å². The van der Waals surface area contributed by atoms with Gasteiger partial charge in [-0.3, -0.25) is 4.79 Å². The van der Waals surface area contributed by atoms with Crippen LogP contribution in [0.25, 0.3) is 0 Å². The molecule has 29 heavy (non-hydrogen) atoms. The SMILES string of the molecule is CN(c1ccccc1)c1ccc(C(=O)Nc2ccc(N3CCCCC3)cc2)nc1. The fourth-order valence-electron chi connectivity index (χ4n) is 3.62. The summed E-state index contributed by atoms with van der Waals surface area (Å²) in [4.78, 5) is 21.3. The van der Waals surface area contributed by atoms with Crippen LogP contribution in [0.5, 0.6) is 0 Å². The van der Waals surface area contributed by atoms with Gasteiger partial charge in [-0.2, -0.15) is 0 Å². The summed E-state index contributed by atoms with van der Waals surface area (Å²) in [5.41, 5.74) is 4.39. The summed E-state index contributed by atoms with van der Waals surface area (Å²) in [7, 11) is 1.98. The third-order valence-electron chi connectivity index (χ3n) is 5.36. The summed E-state index contributed by atoms with van der Waals surface area (Å²) in [6, 6.07) is 21.8. The molecule has 2 heterocycles. The van der Waals surface area contributed by atoms with E-state index in [0.717, 1.165) is 30.2 Å². The van der Waals surface area contributed by atoms with Gasteiger partial charge in [0, 0.05) is 37.2 Å². The number of amides is 1. The first-order valence-corrected chi connectivity index (χ1v) is 10.1. The first-order chi connectivity index (χ1) is 14.2. The van der Waals surface area contributed by atoms with E-state index in [4.69, 9.17) is 0 Å². The Kier molecular flexibility index (Phi) is 5.75. The molecule has 5 nitrogen and oxygen atoms in total. The molecule has 3 aromatic rings. The molecule has 1 aromatic heterocycles. The smallest absolute Gasteiger partial charge is 0.274 e. The van der Waals surface area contributed by atoms with Crippen molar-refractivity contribution >= 4 is 28.7 Å². The minimum absolute atomic E-state index is 0.204. The Labute approximate surface area is 172 Å². The van der Waals surface area contributed by atoms with Crippen LogP contribution < -0.4 is 15.1 Å². The van der Waals surface area contributed by atoms with Crippen LogP contribution in [0.1, 0.15) is 29.8 Å². The molecule has 0 atom stereocenters. The number of benzene rings is 2. The summed E-state index contributed by atoms with van der Waals surface area (Å²) < 4.78 is 0. The molecule has 1 amide bonds. The van der Waals surface area contributed by atoms with E-state index in [0.29, 0.717) is 5.69 Å². The summed E-state index contributed by atoms with van der Waals surface area (Å²) >= 11 is 0. The Morgan fingerprint density at radius 3 is 2.28 bits per heavy atom. The van der Waals surface area contributed by atoms with Gasteiger partial charge in [0.05, 0.1) is 11.9 Å². The summed E-state index contributed by atoms with van der Waals surface area (Å²) in [6.07, 6.45) is 5.54. The van der Waals surface area contributed by atoms with Crippen molar-refractivity contribution in [3.05, 3.63) is 78.6 Å². The third kappa shape index (κ3) is 4.57. The topological polar surface area (TPSA) is 48.5 Å². The Hall–Kier alpha value is -3.34. The predicted octanol–water partition coefficient (Wildman–Crippen LogP) is 5.09. The lowest BCUT2D eigenvalue weighted by atomic mass is 10.1. The molecule has 0 saturated carbocycles. The number of carbonyl (C=O) groups is 1. The molecule has 4 rings (SSSR count). The maximum Gasteiger partial charge on any atom is 0.274 e. The van der Waals surface area contributed by atoms with Crippen molar-refractivity contribution in [2.24, 2.45) is 0 Å². The number of rotatable bonds is 5. The molecule has 148 valence electrons. The van der Waals surface area contributed by atoms with E-state index in [1.165, 1.54) is 24.9 Å². The van der Waals surface area contributed by atoms with E-state index in [1.54, 1.807) is 12.3 Å². The molecule has 1 fully saturated rings. The van der Waals surface area contributed by atoms with E-state index in [9.17, 15) is 4.79 Å². The van der Waals surface area contributed by atoms with Gasteiger partial charge in [-0.1, -0.05) is 18.2 Å². The van der Waals surface area contributed by atoms with Crippen LogP contribution in [0.4, 0.5) is 22.7 Å². The molecule has 1 saturated heterocycles. The lowest BCUT2D eigenvalue weighted by Crippen LogP contribution is -2.29. The first kappa shape index (κ1) is 19.0. The highest BCUT2D eigenvalue weighted by Gasteiger charge is 2.12. The molecule has 2 aromatic carbocycles. The maximum absolute atomic E-state index is 12.6. The lowest BCUT2D eigenvalue weighted by Gasteiger charge is -2.28. The van der Waals surface area contributed by atoms with E-state index < -0.39 is 0 Å². The molecule has 0 aliphatic carbocycles. The fourth-order valence-corrected chi connectivity index (χ4v) is 3.62. The Bertz CT molecular complexity index is 933. The van der Waals surface area contributed by atoms with Gasteiger partial charge in [0.1, 0.15) is 5.69 Å². The van der Waals surface area contributed by atoms with E-state index in [2.05, 4.69) is 27.3 Å². The Morgan fingerprint density at radius 1 is 0.897 bits per heavy atom. The van der Waals surface area contributed by atoms with Crippen molar-refractivity contribution in [3.63, 3.8) is 0 Å². The number of carbonyl (C=O) groups excluding carboxylic acids is 1. The molecule has 1 N–H and O–H groups in total. The molecule has 5 heteroatoms. The van der Waals surface area contributed by atoms with Gasteiger partial charge in [0.25, 0.3) is 5.91 Å². The zero-order chi connectivity index (χ0) is 20.1. The first-order valence-electron chi connectivity index (χ1n) is 10.1. The molecule has 1 aliphatic heterocycles. The highest BCUT2D eigenvalue weighted by molar-refractivity contribution is 6.03. The van der Waals surface area contributed by atoms with Gasteiger partial charge >= 0.3 is 0 Å². The average Bonchev–Trinajstić information content (AvgIpc) is 2.80. The number of piperidine rings is 1. The van der Waals surface area contributed by atoms with E-state index in [1.807, 2.05) is 60.5 Å². The number of pyridine rings is 1. The molecule has 0 bridgehead atoms. The van der Waals surface area contributed by atoms with Crippen LogP contribution in [0.3, 0.4) is 0 Å². The number of para-hydroxylation sites is 1. The monoisotopic (exact) mass is 386 g/mol. The molecule has 0 spiro atoms. The number of nitrogens with one attached hydrogen (secondary N) is 1. The van der Waals surface area contributed by atoms with Gasteiger partial charge in [-0.15, -0.1) is 0 Å². The van der Waals surface area contributed by atoms with Crippen molar-refractivity contribution in [1.29, 1.82) is 0 Å². The van der Waals surface area contributed by atoms with Crippen LogP contribution in [0.15, 0.2) is 72.9 Å². The molecular weight excluding hydrogens is 360 g/mol. The lowest BCUT2D eigenvalue weighted by molar-refractivity contribution is 0.102. The Balaban J connectivity index is 1.39. The fraction of sp³-hybridized carbons (Fsp3) is 0.250. The molecule has 0 radical (unpaired) electrons. The average molecular weight is 386 g/mol. The normalized spacial score (nSPS) is 13.8. The zero-order valence-electron chi connectivity index (χ0n) is 16.7. The van der Waals surface area contributed by atoms with Crippen molar-refractivity contribution in [2.45, 2.75) is 19.3 Å². The second-order valence-corrected chi connectivity index (χ2v) is 7.34. The van der Waals surface area contributed by atoms with Crippen LogP contribution >= 0.6 is 0 Å². The van der Waals surface area contributed by atoms with Crippen molar-refractivity contribution in [2.75, 3.05) is 35.3 Å². The summed E-state index contributed by atoms with van der Waals surface area (Å²) in [6.45, 7) is 2.22. The number of hydrogen-bond acceptors (Lipinski definition) is 4. The zero-order valence-corrected chi connectivity index (χ0v) is 16.7. The quantitative estimate of drug-likeness (QED) is 0.663. The maximum atomic E-state index is 12.6. The minimum Gasteiger partial charge on any atom is -0.372 e. The van der Waals surface area contributed by atoms with Gasteiger partial charge in [0.15, 0.2) is 0 Å². The van der Waals surface area contributed by atoms with Gasteiger partial charge in [-0.25, -0.2) is 4.98 Å². The summed E-state index contributed by atoms with van der Waals surface area (Å²) in [5.74, 6) is -0.204. The predicted molar refractivity (Wildman–Crippen MR) is 119 cm³/mol. The standard InChI is InChI=1S/C24H26N4O/c1-27(20-8-4-2-5-9-20)22-14-15-23(25-18-22)24(29)26-19-10-12-21(13-11-19)28-16-6-3-7-17-28/h2,4-5,8-15,18H,3,6-7,16-17H2,1H3,(H,26,29). The molecule has 0 unspecified atom stereocenters. The van der Waals surface area contributed by atoms with E-state index in [-0.39, 0.29) is 5.91 Å². The van der Waals surface area contributed by atoms with Crippen LogP contribution in [-0.2, 0) is 0 Å². The molecular formula is C24H26N4O. The number of anilines is 4. The van der Waals surface area contributed by atoms with Crippen molar-refractivity contribution in [1.82, 2.24) is 4.98 Å². The number of aromatic nitrogens is 1. The van der Waals surface area contributed by atoms with Crippen LogP contribution in [0, 0.1) is 0 Å². The highest BCUT2D eigenvalue weighted by atomic mass is 16.1. The van der Waals surface area contributed by atoms with Gasteiger partial charge < -0.3 is 15.1 Å². The minimum atomic E-state index is -0.204. The third-order valence-corrected chi connectivity index (χ3v) is 5.36. The summed E-state index contributed by atoms with van der Waals surface area (Å²) in [5, 5.41) is 2.94. The Morgan fingerprint density at radius 2 is 1.62 bits per heavy atom.